The smallest absolute Gasteiger partial charge is 0.316 e. The van der Waals surface area contributed by atoms with Gasteiger partial charge in [0.05, 0.1) is 0 Å². The molecule has 17 heavy (non-hydrogen) atoms. The van der Waals surface area contributed by atoms with Crippen LogP contribution in [-0.4, -0.2) is 54.8 Å². The second-order valence-corrected chi connectivity index (χ2v) is 4.85. The van der Waals surface area contributed by atoms with Crippen molar-refractivity contribution < 1.29 is 14.4 Å². The van der Waals surface area contributed by atoms with Crippen LogP contribution >= 0.6 is 0 Å². The van der Waals surface area contributed by atoms with E-state index >= 15 is 0 Å². The van der Waals surface area contributed by atoms with E-state index in [1.807, 2.05) is 6.92 Å². The Kier molecular flexibility index (Phi) is 2.91. The Morgan fingerprint density at radius 1 is 1.06 bits per heavy atom. The zero-order valence-corrected chi connectivity index (χ0v) is 10.3. The first-order valence-electron chi connectivity index (χ1n) is 5.75. The maximum absolute atomic E-state index is 12.1. The summed E-state index contributed by atoms with van der Waals surface area (Å²) in [5, 5.41) is 3.17. The first-order valence-corrected chi connectivity index (χ1v) is 5.75. The number of hydrogen-bond acceptors (Lipinski definition) is 4. The van der Waals surface area contributed by atoms with E-state index in [1.54, 1.807) is 0 Å². The molecule has 0 aromatic heterocycles. The van der Waals surface area contributed by atoms with Crippen LogP contribution in [0.3, 0.4) is 0 Å². The Hall–Kier alpha value is -1.43. The number of carbonyl (C=O) groups is 3. The van der Waals surface area contributed by atoms with E-state index in [0.29, 0.717) is 6.54 Å². The minimum atomic E-state index is -0.715. The maximum Gasteiger partial charge on any atom is 0.332 e. The maximum atomic E-state index is 12.1. The normalized spacial score (nSPS) is 31.6. The number of hydrogen-bond donors (Lipinski definition) is 1. The highest BCUT2D eigenvalue weighted by atomic mass is 16.2. The van der Waals surface area contributed by atoms with Crippen LogP contribution in [0.1, 0.15) is 6.92 Å². The zero-order valence-electron chi connectivity index (χ0n) is 10.3. The summed E-state index contributed by atoms with van der Waals surface area (Å²) in [4.78, 5) is 37.8. The highest BCUT2D eigenvalue weighted by molar-refractivity contribution is 6.15. The predicted octanol–water partition coefficient (Wildman–Crippen LogP) is -0.491. The Morgan fingerprint density at radius 2 is 1.59 bits per heavy atom. The fourth-order valence-electron chi connectivity index (χ4n) is 2.58. The number of nitrogens with zero attached hydrogens (tertiary/aromatic N) is 2. The van der Waals surface area contributed by atoms with Crippen molar-refractivity contribution in [3.63, 3.8) is 0 Å². The number of rotatable bonds is 1. The van der Waals surface area contributed by atoms with Crippen molar-refractivity contribution in [1.29, 1.82) is 0 Å². The summed E-state index contributed by atoms with van der Waals surface area (Å²) in [6.07, 6.45) is 0. The summed E-state index contributed by atoms with van der Waals surface area (Å²) in [5.74, 6) is -1.22. The van der Waals surface area contributed by atoms with Crippen molar-refractivity contribution in [1.82, 2.24) is 15.1 Å². The van der Waals surface area contributed by atoms with Gasteiger partial charge in [0.25, 0.3) is 0 Å². The fraction of sp³-hybridized carbons (Fsp3) is 0.727. The standard InChI is InChI=1S/C11H17N3O3/c1-6-4-12-5-7(6)8-9(15)13(2)11(17)14(3)10(8)16/h6-8,12H,4-5H2,1-3H3. The van der Waals surface area contributed by atoms with Gasteiger partial charge in [0.15, 0.2) is 0 Å². The molecule has 0 spiro atoms. The van der Waals surface area contributed by atoms with E-state index in [9.17, 15) is 14.4 Å². The molecule has 2 heterocycles. The number of amides is 4. The van der Waals surface area contributed by atoms with Crippen molar-refractivity contribution in [3.05, 3.63) is 0 Å². The number of nitrogens with one attached hydrogen (secondary N) is 1. The Morgan fingerprint density at radius 3 is 2.00 bits per heavy atom. The summed E-state index contributed by atoms with van der Waals surface area (Å²) >= 11 is 0. The monoisotopic (exact) mass is 239 g/mol. The molecule has 2 rings (SSSR count). The molecule has 2 unspecified atom stereocenters. The van der Waals surface area contributed by atoms with Crippen molar-refractivity contribution in [2.24, 2.45) is 17.8 Å². The van der Waals surface area contributed by atoms with Crippen LogP contribution in [-0.2, 0) is 9.59 Å². The molecule has 4 amide bonds. The fourth-order valence-corrected chi connectivity index (χ4v) is 2.58. The van der Waals surface area contributed by atoms with Crippen LogP contribution in [0.4, 0.5) is 4.79 Å². The van der Waals surface area contributed by atoms with Gasteiger partial charge in [-0.25, -0.2) is 4.79 Å². The summed E-state index contributed by atoms with van der Waals surface area (Å²) < 4.78 is 0. The van der Waals surface area contributed by atoms with Gasteiger partial charge in [0.1, 0.15) is 5.92 Å². The number of barbiturate groups is 1. The first-order chi connectivity index (χ1) is 7.95. The molecular weight excluding hydrogens is 222 g/mol. The van der Waals surface area contributed by atoms with Gasteiger partial charge in [0.2, 0.25) is 11.8 Å². The number of imide groups is 2. The van der Waals surface area contributed by atoms with Crippen molar-refractivity contribution in [2.75, 3.05) is 27.2 Å². The van der Waals surface area contributed by atoms with Crippen LogP contribution < -0.4 is 5.32 Å². The molecule has 0 bridgehead atoms. The van der Waals surface area contributed by atoms with E-state index in [-0.39, 0.29) is 23.7 Å². The molecular formula is C11H17N3O3. The van der Waals surface area contributed by atoms with Gasteiger partial charge < -0.3 is 5.32 Å². The number of urea groups is 1. The lowest BCUT2D eigenvalue weighted by molar-refractivity contribution is -0.150. The molecule has 2 saturated heterocycles. The molecule has 6 nitrogen and oxygen atoms in total. The van der Waals surface area contributed by atoms with Crippen molar-refractivity contribution in [2.45, 2.75) is 6.92 Å². The average Bonchev–Trinajstić information content (AvgIpc) is 2.71. The third-order valence-corrected chi connectivity index (χ3v) is 3.77. The molecule has 0 aromatic carbocycles. The van der Waals surface area contributed by atoms with Crippen molar-refractivity contribution in [3.8, 4) is 0 Å². The number of carbonyl (C=O) groups excluding carboxylic acids is 3. The molecule has 94 valence electrons. The van der Waals surface area contributed by atoms with E-state index in [2.05, 4.69) is 5.32 Å². The molecule has 2 aliphatic heterocycles. The minimum Gasteiger partial charge on any atom is -0.316 e. The molecule has 2 aliphatic rings. The van der Waals surface area contributed by atoms with Gasteiger partial charge in [-0.1, -0.05) is 6.92 Å². The molecule has 0 saturated carbocycles. The van der Waals surface area contributed by atoms with Gasteiger partial charge in [-0.3, -0.25) is 19.4 Å². The lowest BCUT2D eigenvalue weighted by Gasteiger charge is -2.36. The quantitative estimate of drug-likeness (QED) is 0.627. The van der Waals surface area contributed by atoms with Crippen LogP contribution in [0.25, 0.3) is 0 Å². The third-order valence-electron chi connectivity index (χ3n) is 3.77. The van der Waals surface area contributed by atoms with E-state index < -0.39 is 11.9 Å². The van der Waals surface area contributed by atoms with Gasteiger partial charge in [-0.15, -0.1) is 0 Å². The summed E-state index contributed by atoms with van der Waals surface area (Å²) in [6.45, 7) is 3.48. The van der Waals surface area contributed by atoms with Gasteiger partial charge in [-0.05, 0) is 24.9 Å². The van der Waals surface area contributed by atoms with Crippen molar-refractivity contribution >= 4 is 17.8 Å². The second-order valence-electron chi connectivity index (χ2n) is 4.85. The van der Waals surface area contributed by atoms with E-state index in [4.69, 9.17) is 0 Å². The first kappa shape index (κ1) is 12.0. The molecule has 1 N–H and O–H groups in total. The SMILES string of the molecule is CC1CNCC1C1C(=O)N(C)C(=O)N(C)C1=O. The molecule has 6 heteroatoms. The van der Waals surface area contributed by atoms with E-state index in [1.165, 1.54) is 14.1 Å². The third kappa shape index (κ3) is 1.72. The molecule has 2 fully saturated rings. The highest BCUT2D eigenvalue weighted by Crippen LogP contribution is 2.30. The lowest BCUT2D eigenvalue weighted by Crippen LogP contribution is -2.59. The topological polar surface area (TPSA) is 69.7 Å². The second kappa shape index (κ2) is 4.10. The summed E-state index contributed by atoms with van der Waals surface area (Å²) in [6, 6.07) is -0.546. The van der Waals surface area contributed by atoms with Gasteiger partial charge in [0, 0.05) is 14.1 Å². The van der Waals surface area contributed by atoms with Crippen LogP contribution in [0, 0.1) is 17.8 Å². The molecule has 0 aliphatic carbocycles. The Bertz CT molecular complexity index is 358. The largest absolute Gasteiger partial charge is 0.332 e. The van der Waals surface area contributed by atoms with Crippen LogP contribution in [0.2, 0.25) is 0 Å². The Balaban J connectivity index is 2.29. The highest BCUT2D eigenvalue weighted by Gasteiger charge is 2.48. The minimum absolute atomic E-state index is 0.0204. The van der Waals surface area contributed by atoms with Gasteiger partial charge >= 0.3 is 6.03 Å². The zero-order chi connectivity index (χ0) is 12.7. The van der Waals surface area contributed by atoms with Crippen LogP contribution in [0.15, 0.2) is 0 Å². The van der Waals surface area contributed by atoms with E-state index in [0.717, 1.165) is 16.3 Å². The average molecular weight is 239 g/mol. The lowest BCUT2D eigenvalue weighted by atomic mass is 9.82. The Labute approximate surface area is 99.9 Å². The molecule has 0 aromatic rings. The summed E-state index contributed by atoms with van der Waals surface area (Å²) in [5.41, 5.74) is 0. The molecule has 0 radical (unpaired) electrons. The summed E-state index contributed by atoms with van der Waals surface area (Å²) in [7, 11) is 2.85. The van der Waals surface area contributed by atoms with Crippen LogP contribution in [0.5, 0.6) is 0 Å². The molecule has 2 atom stereocenters. The predicted molar refractivity (Wildman–Crippen MR) is 59.9 cm³/mol. The van der Waals surface area contributed by atoms with Gasteiger partial charge in [-0.2, -0.15) is 0 Å².